The molecule has 202 valence electrons. The Hall–Kier alpha value is -3.55. The third kappa shape index (κ3) is 4.53. The molecule has 3 N–H and O–H groups in total. The Morgan fingerprint density at radius 3 is 2.62 bits per heavy atom. The largest absolute Gasteiger partial charge is 0.337 e. The zero-order valence-corrected chi connectivity index (χ0v) is 22.2. The van der Waals surface area contributed by atoms with E-state index in [1.54, 1.807) is 6.20 Å². The van der Waals surface area contributed by atoms with E-state index < -0.39 is 5.41 Å². The lowest BCUT2D eigenvalue weighted by molar-refractivity contribution is -0.128. The van der Waals surface area contributed by atoms with E-state index in [1.807, 2.05) is 30.3 Å². The van der Waals surface area contributed by atoms with Gasteiger partial charge in [0.2, 0.25) is 11.8 Å². The SMILES string of the molecule is O=C(Nc1ccc(-c2nc3cc(NC(=O)C45CC6CCC(=O)C(C4)C(C6)C5)ncc3[nH]2)cc1)C1CCCCC1. The van der Waals surface area contributed by atoms with Crippen molar-refractivity contribution in [2.75, 3.05) is 10.6 Å². The van der Waals surface area contributed by atoms with Crippen LogP contribution in [0.5, 0.6) is 0 Å². The molecular weight excluding hydrogens is 490 g/mol. The minimum atomic E-state index is -0.449. The first-order valence-electron chi connectivity index (χ1n) is 14.6. The van der Waals surface area contributed by atoms with Crippen molar-refractivity contribution < 1.29 is 14.4 Å². The number of hydrogen-bond acceptors (Lipinski definition) is 5. The molecule has 2 aromatic heterocycles. The van der Waals surface area contributed by atoms with E-state index in [0.717, 1.165) is 73.7 Å². The number of amides is 2. The summed E-state index contributed by atoms with van der Waals surface area (Å²) in [6.45, 7) is 0. The molecule has 8 nitrogen and oxygen atoms in total. The summed E-state index contributed by atoms with van der Waals surface area (Å²) in [6.07, 6.45) is 12.2. The number of aromatic amines is 1. The predicted molar refractivity (Wildman–Crippen MR) is 149 cm³/mol. The predicted octanol–water partition coefficient (Wildman–Crippen LogP) is 5.87. The van der Waals surface area contributed by atoms with Gasteiger partial charge in [-0.2, -0.15) is 0 Å². The van der Waals surface area contributed by atoms with Crippen molar-refractivity contribution >= 4 is 40.1 Å². The van der Waals surface area contributed by atoms with Crippen LogP contribution < -0.4 is 10.6 Å². The number of fused-ring (bicyclic) bond motifs is 3. The molecule has 1 aromatic carbocycles. The number of hydrogen-bond donors (Lipinski definition) is 3. The topological polar surface area (TPSA) is 117 Å². The first kappa shape index (κ1) is 24.5. The minimum absolute atomic E-state index is 0.00266. The molecule has 7 rings (SSSR count). The lowest BCUT2D eigenvalue weighted by Gasteiger charge is -2.36. The Morgan fingerprint density at radius 2 is 1.79 bits per heavy atom. The van der Waals surface area contributed by atoms with Gasteiger partial charge in [0, 0.05) is 35.6 Å². The van der Waals surface area contributed by atoms with E-state index in [2.05, 4.69) is 20.6 Å². The van der Waals surface area contributed by atoms with Crippen molar-refractivity contribution in [3.8, 4) is 11.4 Å². The first-order valence-corrected chi connectivity index (χ1v) is 14.6. The maximum atomic E-state index is 13.5. The smallest absolute Gasteiger partial charge is 0.231 e. The molecular formula is C31H35N5O3. The van der Waals surface area contributed by atoms with E-state index in [0.29, 0.717) is 42.1 Å². The van der Waals surface area contributed by atoms with Gasteiger partial charge in [0.05, 0.1) is 22.6 Å². The summed E-state index contributed by atoms with van der Waals surface area (Å²) in [6, 6.07) is 9.52. The van der Waals surface area contributed by atoms with Crippen LogP contribution in [0.4, 0.5) is 11.5 Å². The number of Topliss-reactive ketones (excluding diaryl/α,β-unsaturated/α-hetero) is 1. The number of ketones is 1. The van der Waals surface area contributed by atoms with Crippen LogP contribution >= 0.6 is 0 Å². The van der Waals surface area contributed by atoms with Gasteiger partial charge in [-0.15, -0.1) is 0 Å². The summed E-state index contributed by atoms with van der Waals surface area (Å²) in [5.74, 6) is 2.68. The number of nitrogens with one attached hydrogen (secondary N) is 3. The second kappa shape index (κ2) is 9.57. The normalized spacial score (nSPS) is 28.4. The lowest BCUT2D eigenvalue weighted by atomic mass is 9.69. The molecule has 4 aliphatic carbocycles. The zero-order chi connectivity index (χ0) is 26.6. The fourth-order valence-electron chi connectivity index (χ4n) is 7.88. The molecule has 2 amide bonds. The van der Waals surface area contributed by atoms with Crippen LogP contribution in [-0.2, 0) is 14.4 Å². The first-order chi connectivity index (χ1) is 19.0. The van der Waals surface area contributed by atoms with Crippen molar-refractivity contribution in [3.05, 3.63) is 36.5 Å². The van der Waals surface area contributed by atoms with Crippen LogP contribution in [0.2, 0.25) is 0 Å². The molecule has 4 atom stereocenters. The van der Waals surface area contributed by atoms with Crippen molar-refractivity contribution in [1.82, 2.24) is 15.0 Å². The van der Waals surface area contributed by atoms with E-state index >= 15 is 0 Å². The molecule has 0 aliphatic heterocycles. The molecule has 3 bridgehead atoms. The van der Waals surface area contributed by atoms with Crippen LogP contribution in [0.1, 0.15) is 70.6 Å². The third-order valence-electron chi connectivity index (χ3n) is 9.85. The number of H-pyrrole nitrogens is 1. The van der Waals surface area contributed by atoms with Gasteiger partial charge in [0.15, 0.2) is 0 Å². The van der Waals surface area contributed by atoms with Gasteiger partial charge in [0.25, 0.3) is 0 Å². The van der Waals surface area contributed by atoms with Crippen LogP contribution in [0.25, 0.3) is 22.4 Å². The average Bonchev–Trinajstić information content (AvgIpc) is 3.47. The number of pyridine rings is 1. The van der Waals surface area contributed by atoms with Crippen molar-refractivity contribution in [1.29, 1.82) is 0 Å². The lowest BCUT2D eigenvalue weighted by Crippen LogP contribution is -2.39. The molecule has 0 radical (unpaired) electrons. The summed E-state index contributed by atoms with van der Waals surface area (Å²) < 4.78 is 0. The summed E-state index contributed by atoms with van der Waals surface area (Å²) in [4.78, 5) is 51.3. The molecule has 0 spiro atoms. The van der Waals surface area contributed by atoms with Gasteiger partial charge in [-0.1, -0.05) is 19.3 Å². The van der Waals surface area contributed by atoms with Gasteiger partial charge in [-0.05, 0) is 81.0 Å². The minimum Gasteiger partial charge on any atom is -0.337 e. The standard InChI is InChI=1S/C31H35N5O3/c37-26-11-6-18-12-21-15-31(14-18,16-23(21)26)30(39)36-27-13-24-25(17-32-27)35-28(34-24)19-7-9-22(10-8-19)33-29(38)20-4-2-1-3-5-20/h7-10,13,17-18,20-21,23H,1-6,11-12,14-16H2,(H,33,38)(H,34,35)(H,32,36,39). The number of anilines is 2. The number of benzene rings is 1. The van der Waals surface area contributed by atoms with Crippen molar-refractivity contribution in [2.24, 2.45) is 29.1 Å². The highest BCUT2D eigenvalue weighted by Gasteiger charge is 2.57. The van der Waals surface area contributed by atoms with Gasteiger partial charge in [-0.3, -0.25) is 14.4 Å². The quantitative estimate of drug-likeness (QED) is 0.385. The molecule has 4 saturated carbocycles. The number of nitrogens with zero attached hydrogens (tertiary/aromatic N) is 2. The molecule has 4 fully saturated rings. The maximum absolute atomic E-state index is 13.5. The summed E-state index contributed by atoms with van der Waals surface area (Å²) in [7, 11) is 0. The summed E-state index contributed by atoms with van der Waals surface area (Å²) in [5, 5.41) is 6.13. The Kier molecular flexibility index (Phi) is 6.01. The van der Waals surface area contributed by atoms with Gasteiger partial charge >= 0.3 is 0 Å². The Labute approximate surface area is 227 Å². The fourth-order valence-corrected chi connectivity index (χ4v) is 7.88. The highest BCUT2D eigenvalue weighted by Crippen LogP contribution is 2.59. The van der Waals surface area contributed by atoms with E-state index in [9.17, 15) is 14.4 Å². The van der Waals surface area contributed by atoms with Crippen LogP contribution in [-0.4, -0.2) is 32.5 Å². The number of imidazole rings is 1. The number of carbonyl (C=O) groups excluding carboxylic acids is 3. The molecule has 39 heavy (non-hydrogen) atoms. The van der Waals surface area contributed by atoms with Gasteiger partial charge < -0.3 is 15.6 Å². The number of carbonyl (C=O) groups is 3. The van der Waals surface area contributed by atoms with Crippen molar-refractivity contribution in [2.45, 2.75) is 70.6 Å². The van der Waals surface area contributed by atoms with Crippen LogP contribution in [0, 0.1) is 29.1 Å². The number of aromatic nitrogens is 3. The van der Waals surface area contributed by atoms with Crippen LogP contribution in [0.3, 0.4) is 0 Å². The summed E-state index contributed by atoms with van der Waals surface area (Å²) >= 11 is 0. The third-order valence-corrected chi connectivity index (χ3v) is 9.85. The highest BCUT2D eigenvalue weighted by atomic mass is 16.2. The molecule has 4 unspecified atom stereocenters. The van der Waals surface area contributed by atoms with E-state index in [1.165, 1.54) is 6.42 Å². The molecule has 3 aromatic rings. The number of rotatable bonds is 5. The van der Waals surface area contributed by atoms with Crippen LogP contribution in [0.15, 0.2) is 36.5 Å². The molecule has 0 saturated heterocycles. The molecule has 8 heteroatoms. The van der Waals surface area contributed by atoms with Gasteiger partial charge in [-0.25, -0.2) is 9.97 Å². The Morgan fingerprint density at radius 1 is 0.974 bits per heavy atom. The fraction of sp³-hybridized carbons (Fsp3) is 0.516. The second-order valence-electron chi connectivity index (χ2n) is 12.4. The zero-order valence-electron chi connectivity index (χ0n) is 22.2. The average molecular weight is 526 g/mol. The summed E-state index contributed by atoms with van der Waals surface area (Å²) in [5.41, 5.74) is 2.76. The Balaban J connectivity index is 1.05. The molecule has 2 heterocycles. The highest BCUT2D eigenvalue weighted by molar-refractivity contribution is 5.97. The van der Waals surface area contributed by atoms with Crippen molar-refractivity contribution in [3.63, 3.8) is 0 Å². The van der Waals surface area contributed by atoms with E-state index in [4.69, 9.17) is 4.98 Å². The van der Waals surface area contributed by atoms with E-state index in [-0.39, 0.29) is 23.7 Å². The van der Waals surface area contributed by atoms with Gasteiger partial charge in [0.1, 0.15) is 17.4 Å². The maximum Gasteiger partial charge on any atom is 0.231 e. The monoisotopic (exact) mass is 525 g/mol. The Bertz CT molecular complexity index is 1440. The second-order valence-corrected chi connectivity index (χ2v) is 12.4. The molecule has 4 aliphatic rings.